The first-order valence-corrected chi connectivity index (χ1v) is 4.33. The van der Waals surface area contributed by atoms with Gasteiger partial charge in [-0.2, -0.15) is 0 Å². The van der Waals surface area contributed by atoms with Crippen molar-refractivity contribution in [3.05, 3.63) is 30.2 Å². The second kappa shape index (κ2) is 4.72. The highest BCUT2D eigenvalue weighted by Crippen LogP contribution is 2.16. The maximum Gasteiger partial charge on any atom is 0.168 e. The zero-order valence-electron chi connectivity index (χ0n) is 8.09. The second-order valence-corrected chi connectivity index (χ2v) is 2.65. The minimum absolute atomic E-state index is 0.588. The van der Waals surface area contributed by atoms with Crippen LogP contribution in [0.25, 0.3) is 5.76 Å². The van der Waals surface area contributed by atoms with Gasteiger partial charge in [0, 0.05) is 0 Å². The number of furan rings is 1. The topological polar surface area (TPSA) is 34.4 Å². The van der Waals surface area contributed by atoms with Gasteiger partial charge in [0.25, 0.3) is 0 Å². The molecule has 0 aromatic carbocycles. The van der Waals surface area contributed by atoms with Crippen molar-refractivity contribution in [2.24, 2.45) is 0 Å². The summed E-state index contributed by atoms with van der Waals surface area (Å²) in [5, 5.41) is 3.00. The van der Waals surface area contributed by atoms with Gasteiger partial charge >= 0.3 is 0 Å². The van der Waals surface area contributed by atoms with E-state index in [-0.39, 0.29) is 0 Å². The highest BCUT2D eigenvalue weighted by Gasteiger charge is 2.04. The second-order valence-electron chi connectivity index (χ2n) is 2.65. The molecule has 1 heterocycles. The Balaban J connectivity index is 2.62. The van der Waals surface area contributed by atoms with E-state index >= 15 is 0 Å². The van der Waals surface area contributed by atoms with Crippen LogP contribution in [0.3, 0.4) is 0 Å². The molecule has 1 N–H and O–H groups in total. The Morgan fingerprint density at radius 3 is 3.00 bits per heavy atom. The van der Waals surface area contributed by atoms with Crippen LogP contribution in [0.4, 0.5) is 0 Å². The van der Waals surface area contributed by atoms with E-state index in [1.54, 1.807) is 0 Å². The summed E-state index contributed by atoms with van der Waals surface area (Å²) < 4.78 is 10.7. The van der Waals surface area contributed by atoms with Gasteiger partial charge in [-0.25, -0.2) is 0 Å². The molecule has 3 heteroatoms. The van der Waals surface area contributed by atoms with E-state index in [0.717, 1.165) is 12.3 Å². The molecule has 0 unspecified atom stereocenters. The molecule has 0 spiro atoms. The van der Waals surface area contributed by atoms with Crippen LogP contribution in [-0.2, 0) is 11.3 Å². The number of hydrogen-bond acceptors (Lipinski definition) is 3. The fourth-order valence-electron chi connectivity index (χ4n) is 1.04. The number of ether oxygens (including phenoxy) is 1. The van der Waals surface area contributed by atoms with Crippen molar-refractivity contribution in [2.45, 2.75) is 13.5 Å². The van der Waals surface area contributed by atoms with Crippen molar-refractivity contribution < 1.29 is 9.15 Å². The molecule has 0 aliphatic rings. The summed E-state index contributed by atoms with van der Waals surface area (Å²) in [7, 11) is 1.87. The number of hydrogen-bond donors (Lipinski definition) is 1. The van der Waals surface area contributed by atoms with Crippen LogP contribution in [0.15, 0.2) is 23.1 Å². The summed E-state index contributed by atoms with van der Waals surface area (Å²) >= 11 is 0. The van der Waals surface area contributed by atoms with Gasteiger partial charge in [0.1, 0.15) is 5.76 Å². The van der Waals surface area contributed by atoms with Gasteiger partial charge in [0.05, 0.1) is 13.2 Å². The summed E-state index contributed by atoms with van der Waals surface area (Å²) in [5.41, 5.74) is 0. The van der Waals surface area contributed by atoms with E-state index in [0.29, 0.717) is 18.1 Å². The molecule has 0 bridgehead atoms. The monoisotopic (exact) mass is 181 g/mol. The van der Waals surface area contributed by atoms with Gasteiger partial charge < -0.3 is 14.5 Å². The third-order valence-corrected chi connectivity index (χ3v) is 1.61. The highest BCUT2D eigenvalue weighted by molar-refractivity contribution is 5.51. The lowest BCUT2D eigenvalue weighted by Crippen LogP contribution is -2.03. The maximum absolute atomic E-state index is 5.45. The van der Waals surface area contributed by atoms with Crippen molar-refractivity contribution in [1.29, 1.82) is 0 Å². The zero-order valence-corrected chi connectivity index (χ0v) is 8.09. The molecule has 0 aliphatic heterocycles. The lowest BCUT2D eigenvalue weighted by molar-refractivity contribution is 0.286. The molecule has 0 saturated carbocycles. The molecular formula is C10H15NO2. The molecule has 0 amide bonds. The summed E-state index contributed by atoms with van der Waals surface area (Å²) in [5.74, 6) is 2.18. The molecular weight excluding hydrogens is 166 g/mol. The van der Waals surface area contributed by atoms with Crippen LogP contribution < -0.4 is 5.32 Å². The van der Waals surface area contributed by atoms with Crippen LogP contribution >= 0.6 is 0 Å². The summed E-state index contributed by atoms with van der Waals surface area (Å²) in [6, 6.07) is 3.78. The fraction of sp³-hybridized carbons (Fsp3) is 0.400. The minimum atomic E-state index is 0.588. The predicted octanol–water partition coefficient (Wildman–Crippen LogP) is 2.01. The Labute approximate surface area is 78.4 Å². The molecule has 0 saturated heterocycles. The maximum atomic E-state index is 5.45. The molecule has 0 radical (unpaired) electrons. The summed E-state index contributed by atoms with van der Waals surface area (Å²) in [6.45, 7) is 7.00. The lowest BCUT2D eigenvalue weighted by Gasteiger charge is -2.02. The Morgan fingerprint density at radius 2 is 2.38 bits per heavy atom. The normalized spacial score (nSPS) is 10.0. The third-order valence-electron chi connectivity index (χ3n) is 1.61. The van der Waals surface area contributed by atoms with Crippen molar-refractivity contribution in [3.63, 3.8) is 0 Å². The molecule has 3 nitrogen and oxygen atoms in total. The average molecular weight is 181 g/mol. The molecule has 1 rings (SSSR count). The number of rotatable bonds is 5. The molecule has 72 valence electrons. The smallest absolute Gasteiger partial charge is 0.168 e. The molecule has 1 aromatic rings. The Hall–Kier alpha value is -1.22. The predicted molar refractivity (Wildman–Crippen MR) is 52.1 cm³/mol. The van der Waals surface area contributed by atoms with E-state index in [2.05, 4.69) is 11.9 Å². The van der Waals surface area contributed by atoms with Gasteiger partial charge in [-0.05, 0) is 26.1 Å². The molecule has 13 heavy (non-hydrogen) atoms. The van der Waals surface area contributed by atoms with Crippen molar-refractivity contribution in [1.82, 2.24) is 5.32 Å². The minimum Gasteiger partial charge on any atom is -0.491 e. The molecule has 0 fully saturated rings. The average Bonchev–Trinajstić information content (AvgIpc) is 2.54. The van der Waals surface area contributed by atoms with Gasteiger partial charge in [-0.3, -0.25) is 0 Å². The van der Waals surface area contributed by atoms with Crippen LogP contribution in [-0.4, -0.2) is 13.7 Å². The fourth-order valence-corrected chi connectivity index (χ4v) is 1.04. The van der Waals surface area contributed by atoms with E-state index in [9.17, 15) is 0 Å². The van der Waals surface area contributed by atoms with Gasteiger partial charge in [0.2, 0.25) is 0 Å². The van der Waals surface area contributed by atoms with E-state index in [1.165, 1.54) is 0 Å². The molecule has 0 atom stereocenters. The van der Waals surface area contributed by atoms with Gasteiger partial charge in [0.15, 0.2) is 11.5 Å². The highest BCUT2D eigenvalue weighted by atomic mass is 16.5. The van der Waals surface area contributed by atoms with Crippen molar-refractivity contribution in [2.75, 3.05) is 13.7 Å². The van der Waals surface area contributed by atoms with Crippen molar-refractivity contribution >= 4 is 5.76 Å². The Bertz CT molecular complexity index is 278. The van der Waals surface area contributed by atoms with Crippen LogP contribution in [0.2, 0.25) is 0 Å². The first-order chi connectivity index (χ1) is 6.27. The van der Waals surface area contributed by atoms with E-state index in [4.69, 9.17) is 9.15 Å². The van der Waals surface area contributed by atoms with E-state index < -0.39 is 0 Å². The molecule has 1 aromatic heterocycles. The SMILES string of the molecule is C=C(OCC)c1ccc(CNC)o1. The van der Waals surface area contributed by atoms with Gasteiger partial charge in [-0.1, -0.05) is 6.58 Å². The van der Waals surface area contributed by atoms with Crippen LogP contribution in [0.5, 0.6) is 0 Å². The molecule has 0 aliphatic carbocycles. The standard InChI is InChI=1S/C10H15NO2/c1-4-12-8(2)10-6-5-9(13-10)7-11-3/h5-6,11H,2,4,7H2,1,3H3. The van der Waals surface area contributed by atoms with Gasteiger partial charge in [-0.15, -0.1) is 0 Å². The lowest BCUT2D eigenvalue weighted by atomic mass is 10.4. The Morgan fingerprint density at radius 1 is 1.62 bits per heavy atom. The zero-order chi connectivity index (χ0) is 9.68. The number of nitrogens with one attached hydrogen (secondary N) is 1. The third kappa shape index (κ3) is 2.63. The van der Waals surface area contributed by atoms with Crippen LogP contribution in [0, 0.1) is 0 Å². The Kier molecular flexibility index (Phi) is 3.58. The van der Waals surface area contributed by atoms with E-state index in [1.807, 2.05) is 26.1 Å². The first-order valence-electron chi connectivity index (χ1n) is 4.33. The summed E-state index contributed by atoms with van der Waals surface area (Å²) in [6.07, 6.45) is 0. The van der Waals surface area contributed by atoms with Crippen LogP contribution in [0.1, 0.15) is 18.4 Å². The van der Waals surface area contributed by atoms with Crippen molar-refractivity contribution in [3.8, 4) is 0 Å². The largest absolute Gasteiger partial charge is 0.491 e. The summed E-state index contributed by atoms with van der Waals surface area (Å²) in [4.78, 5) is 0. The quantitative estimate of drug-likeness (QED) is 0.705. The first kappa shape index (κ1) is 9.86.